The predicted molar refractivity (Wildman–Crippen MR) is 100 cm³/mol. The number of hydrogen-bond donors (Lipinski definition) is 1. The van der Waals surface area contributed by atoms with Crippen molar-refractivity contribution in [3.05, 3.63) is 18.2 Å². The molecule has 1 aromatic rings. The van der Waals surface area contributed by atoms with Crippen LogP contribution in [-0.4, -0.2) is 76.5 Å². The first-order valence-electron chi connectivity index (χ1n) is 9.24. The molecule has 0 aliphatic carbocycles. The summed E-state index contributed by atoms with van der Waals surface area (Å²) in [5, 5.41) is 3.30. The van der Waals surface area contributed by atoms with E-state index in [-0.39, 0.29) is 18.1 Å². The van der Waals surface area contributed by atoms with Crippen molar-refractivity contribution in [2.24, 2.45) is 0 Å². The average Bonchev–Trinajstić information content (AvgIpc) is 2.93. The van der Waals surface area contributed by atoms with E-state index in [1.807, 2.05) is 30.0 Å². The second-order valence-corrected chi connectivity index (χ2v) is 6.74. The van der Waals surface area contributed by atoms with Crippen LogP contribution in [0.15, 0.2) is 18.2 Å². The summed E-state index contributed by atoms with van der Waals surface area (Å²) in [5.74, 6) is 1.69. The molecule has 1 aromatic carbocycles. The van der Waals surface area contributed by atoms with Gasteiger partial charge < -0.3 is 29.3 Å². The number of hydrogen-bond acceptors (Lipinski definition) is 6. The number of morpholine rings is 1. The minimum absolute atomic E-state index is 0.0850. The van der Waals surface area contributed by atoms with Gasteiger partial charge in [0, 0.05) is 56.6 Å². The zero-order valence-corrected chi connectivity index (χ0v) is 15.9. The number of amides is 1. The molecule has 0 saturated carbocycles. The lowest BCUT2D eigenvalue weighted by molar-refractivity contribution is -0.139. The average molecular weight is 363 g/mol. The maximum atomic E-state index is 12.9. The van der Waals surface area contributed by atoms with Gasteiger partial charge in [-0.05, 0) is 13.3 Å². The van der Waals surface area contributed by atoms with Crippen LogP contribution in [0, 0.1) is 0 Å². The van der Waals surface area contributed by atoms with E-state index in [2.05, 4.69) is 10.2 Å². The monoisotopic (exact) mass is 363 g/mol. The van der Waals surface area contributed by atoms with Crippen LogP contribution in [0.1, 0.15) is 13.3 Å². The summed E-state index contributed by atoms with van der Waals surface area (Å²) in [6.45, 7) is 6.49. The van der Waals surface area contributed by atoms with Gasteiger partial charge >= 0.3 is 0 Å². The van der Waals surface area contributed by atoms with E-state index < -0.39 is 0 Å². The van der Waals surface area contributed by atoms with Gasteiger partial charge in [-0.25, -0.2) is 0 Å². The summed E-state index contributed by atoms with van der Waals surface area (Å²) < 4.78 is 16.4. The summed E-state index contributed by atoms with van der Waals surface area (Å²) in [6.07, 6.45) is 0.839. The molecule has 2 aliphatic heterocycles. The minimum atomic E-state index is -0.243. The summed E-state index contributed by atoms with van der Waals surface area (Å²) in [4.78, 5) is 17.1. The van der Waals surface area contributed by atoms with Gasteiger partial charge in [-0.2, -0.15) is 0 Å². The number of anilines is 1. The number of methoxy groups -OCH3 is 2. The molecular formula is C19H29N3O4. The summed E-state index contributed by atoms with van der Waals surface area (Å²) in [7, 11) is 3.31. The van der Waals surface area contributed by atoms with Crippen molar-refractivity contribution < 1.29 is 19.0 Å². The number of carbonyl (C=O) groups is 1. The molecular weight excluding hydrogens is 334 g/mol. The molecule has 2 saturated heterocycles. The Kier molecular flexibility index (Phi) is 6.21. The molecule has 1 N–H and O–H groups in total. The van der Waals surface area contributed by atoms with Crippen LogP contribution in [0.2, 0.25) is 0 Å². The predicted octanol–water partition coefficient (Wildman–Crippen LogP) is 1.12. The van der Waals surface area contributed by atoms with Crippen LogP contribution in [0.4, 0.5) is 5.69 Å². The van der Waals surface area contributed by atoms with E-state index in [9.17, 15) is 4.79 Å². The van der Waals surface area contributed by atoms with Crippen LogP contribution in [0.25, 0.3) is 0 Å². The van der Waals surface area contributed by atoms with Gasteiger partial charge in [0.25, 0.3) is 0 Å². The van der Waals surface area contributed by atoms with Crippen LogP contribution < -0.4 is 19.7 Å². The van der Waals surface area contributed by atoms with Crippen molar-refractivity contribution in [2.45, 2.75) is 25.5 Å². The number of benzene rings is 1. The molecule has 0 unspecified atom stereocenters. The van der Waals surface area contributed by atoms with Crippen molar-refractivity contribution >= 4 is 11.6 Å². The van der Waals surface area contributed by atoms with Crippen LogP contribution >= 0.6 is 0 Å². The Morgan fingerprint density at radius 1 is 1.12 bits per heavy atom. The van der Waals surface area contributed by atoms with E-state index in [1.54, 1.807) is 14.2 Å². The van der Waals surface area contributed by atoms with Gasteiger partial charge in [0.15, 0.2) is 0 Å². The molecule has 0 radical (unpaired) electrons. The number of ether oxygens (including phenoxy) is 3. The van der Waals surface area contributed by atoms with E-state index in [4.69, 9.17) is 14.2 Å². The lowest BCUT2D eigenvalue weighted by atomic mass is 10.1. The number of carbonyl (C=O) groups excluding carboxylic acids is 1. The molecule has 144 valence electrons. The molecule has 2 heterocycles. The summed E-state index contributed by atoms with van der Waals surface area (Å²) in [6, 6.07) is 5.65. The smallest absolute Gasteiger partial charge is 0.242 e. The van der Waals surface area contributed by atoms with Crippen molar-refractivity contribution in [3.8, 4) is 11.5 Å². The number of rotatable bonds is 4. The highest BCUT2D eigenvalue weighted by atomic mass is 16.5. The highest BCUT2D eigenvalue weighted by molar-refractivity contribution is 5.82. The number of nitrogens with zero attached hydrogens (tertiary/aromatic N) is 2. The maximum Gasteiger partial charge on any atom is 0.242 e. The van der Waals surface area contributed by atoms with Crippen molar-refractivity contribution in [1.29, 1.82) is 0 Å². The summed E-state index contributed by atoms with van der Waals surface area (Å²) >= 11 is 0. The van der Waals surface area contributed by atoms with E-state index >= 15 is 0 Å². The quantitative estimate of drug-likeness (QED) is 0.865. The first kappa shape index (κ1) is 18.8. The zero-order valence-electron chi connectivity index (χ0n) is 15.9. The Balaban J connectivity index is 1.67. The molecule has 2 aliphatic rings. The highest BCUT2D eigenvalue weighted by Gasteiger charge is 2.32. The third-order valence-corrected chi connectivity index (χ3v) is 5.09. The fourth-order valence-corrected chi connectivity index (χ4v) is 3.58. The highest BCUT2D eigenvalue weighted by Crippen LogP contribution is 2.29. The Morgan fingerprint density at radius 2 is 1.85 bits per heavy atom. The summed E-state index contributed by atoms with van der Waals surface area (Å²) in [5.41, 5.74) is 1.06. The zero-order chi connectivity index (χ0) is 18.5. The molecule has 0 aromatic heterocycles. The lowest BCUT2D eigenvalue weighted by Gasteiger charge is -2.33. The van der Waals surface area contributed by atoms with Crippen LogP contribution in [0.3, 0.4) is 0 Å². The van der Waals surface area contributed by atoms with Gasteiger partial charge in [0.05, 0.1) is 26.9 Å². The maximum absolute atomic E-state index is 12.9. The molecule has 7 nitrogen and oxygen atoms in total. The third kappa shape index (κ3) is 4.22. The molecule has 7 heteroatoms. The topological polar surface area (TPSA) is 63.3 Å². The van der Waals surface area contributed by atoms with Crippen LogP contribution in [-0.2, 0) is 9.53 Å². The second-order valence-electron chi connectivity index (χ2n) is 6.74. The number of nitrogens with one attached hydrogen (secondary N) is 1. The molecule has 1 amide bonds. The standard InChI is InChI=1S/C19H29N3O4/c1-14-18(20-5-10-26-14)19(23)22-7-4-6-21(8-9-22)15-11-16(24-2)13-17(12-15)25-3/h11-14,18,20H,4-10H2,1-3H3/t14-,18+/m1/s1. The molecule has 2 atom stereocenters. The first-order valence-corrected chi connectivity index (χ1v) is 9.24. The fourth-order valence-electron chi connectivity index (χ4n) is 3.58. The van der Waals surface area contributed by atoms with Crippen LogP contribution in [0.5, 0.6) is 11.5 Å². The minimum Gasteiger partial charge on any atom is -0.497 e. The lowest BCUT2D eigenvalue weighted by Crippen LogP contribution is -2.56. The molecule has 2 fully saturated rings. The van der Waals surface area contributed by atoms with Crippen molar-refractivity contribution in [2.75, 3.05) is 58.5 Å². The van der Waals surface area contributed by atoms with E-state index in [0.717, 1.165) is 49.8 Å². The van der Waals surface area contributed by atoms with Crippen molar-refractivity contribution in [3.63, 3.8) is 0 Å². The normalized spacial score (nSPS) is 24.1. The largest absolute Gasteiger partial charge is 0.497 e. The van der Waals surface area contributed by atoms with Gasteiger partial charge in [-0.1, -0.05) is 0 Å². The molecule has 26 heavy (non-hydrogen) atoms. The Hall–Kier alpha value is -1.99. The molecule has 0 spiro atoms. The van der Waals surface area contributed by atoms with Gasteiger partial charge in [0.2, 0.25) is 5.91 Å². The van der Waals surface area contributed by atoms with E-state index in [0.29, 0.717) is 13.2 Å². The van der Waals surface area contributed by atoms with Crippen molar-refractivity contribution in [1.82, 2.24) is 10.2 Å². The Bertz CT molecular complexity index is 603. The van der Waals surface area contributed by atoms with Gasteiger partial charge in [-0.3, -0.25) is 4.79 Å². The SMILES string of the molecule is COc1cc(OC)cc(N2CCCN(C(=O)[C@H]3NCCO[C@@H]3C)CC2)c1. The third-order valence-electron chi connectivity index (χ3n) is 5.09. The Labute approximate surface area is 155 Å². The van der Waals surface area contributed by atoms with Gasteiger partial charge in [-0.15, -0.1) is 0 Å². The first-order chi connectivity index (χ1) is 12.6. The van der Waals surface area contributed by atoms with E-state index in [1.165, 1.54) is 0 Å². The fraction of sp³-hybridized carbons (Fsp3) is 0.632. The Morgan fingerprint density at radius 3 is 2.50 bits per heavy atom. The molecule has 0 bridgehead atoms. The second kappa shape index (κ2) is 8.60. The molecule has 3 rings (SSSR count). The van der Waals surface area contributed by atoms with Gasteiger partial charge in [0.1, 0.15) is 17.5 Å².